The van der Waals surface area contributed by atoms with Crippen LogP contribution in [0.25, 0.3) is 0 Å². The number of benzene rings is 2. The Morgan fingerprint density at radius 1 is 1.04 bits per heavy atom. The van der Waals surface area contributed by atoms with Crippen molar-refractivity contribution in [2.45, 2.75) is 57.8 Å². The van der Waals surface area contributed by atoms with E-state index in [1.54, 1.807) is 0 Å². The summed E-state index contributed by atoms with van der Waals surface area (Å²) in [5, 5.41) is 7.45. The van der Waals surface area contributed by atoms with Gasteiger partial charge in [-0.1, -0.05) is 48.5 Å². The molecule has 3 heteroatoms. The van der Waals surface area contributed by atoms with Crippen LogP contribution in [0.2, 0.25) is 0 Å². The normalized spacial score (nSPS) is 21.1. The van der Waals surface area contributed by atoms with Gasteiger partial charge in [-0.25, -0.2) is 0 Å². The van der Waals surface area contributed by atoms with E-state index in [4.69, 9.17) is 4.74 Å². The fourth-order valence-corrected chi connectivity index (χ4v) is 3.44. The molecule has 2 aromatic carbocycles. The highest BCUT2D eigenvalue weighted by Gasteiger charge is 2.26. The topological polar surface area (TPSA) is 33.3 Å². The van der Waals surface area contributed by atoms with Gasteiger partial charge in [-0.3, -0.25) is 0 Å². The second-order valence-electron chi connectivity index (χ2n) is 7.79. The Bertz CT molecular complexity index is 663. The van der Waals surface area contributed by atoms with E-state index in [-0.39, 0.29) is 5.60 Å². The molecular formula is C22H30N2O. The number of nitrogens with one attached hydrogen (secondary N) is 2. The zero-order valence-electron chi connectivity index (χ0n) is 15.6. The van der Waals surface area contributed by atoms with Gasteiger partial charge in [0.25, 0.3) is 0 Å². The Kier molecular flexibility index (Phi) is 5.77. The molecule has 2 N–H and O–H groups in total. The number of para-hydroxylation sites is 1. The van der Waals surface area contributed by atoms with E-state index in [9.17, 15) is 0 Å². The molecule has 134 valence electrons. The SMILES string of the molecule is CC(C)(C)Oc1ccccc1CNC1CCCNC1c1ccccc1. The molecule has 0 aromatic heterocycles. The number of hydrogen-bond donors (Lipinski definition) is 2. The summed E-state index contributed by atoms with van der Waals surface area (Å²) in [5.74, 6) is 0.975. The van der Waals surface area contributed by atoms with Crippen molar-refractivity contribution in [3.05, 3.63) is 65.7 Å². The highest BCUT2D eigenvalue weighted by atomic mass is 16.5. The Labute approximate surface area is 151 Å². The average molecular weight is 338 g/mol. The van der Waals surface area contributed by atoms with E-state index in [1.807, 2.05) is 6.07 Å². The lowest BCUT2D eigenvalue weighted by Crippen LogP contribution is -2.45. The molecule has 1 aliphatic rings. The highest BCUT2D eigenvalue weighted by Crippen LogP contribution is 2.26. The van der Waals surface area contributed by atoms with Crippen molar-refractivity contribution in [1.82, 2.24) is 10.6 Å². The standard InChI is InChI=1S/C22H30N2O/c1-22(2,3)25-20-14-8-7-12-18(20)16-24-19-13-9-15-23-21(19)17-10-5-4-6-11-17/h4-8,10-12,14,19,21,23-24H,9,13,15-16H2,1-3H3. The molecule has 2 atom stereocenters. The monoisotopic (exact) mass is 338 g/mol. The molecule has 1 heterocycles. The van der Waals surface area contributed by atoms with Crippen molar-refractivity contribution in [2.75, 3.05) is 6.54 Å². The maximum Gasteiger partial charge on any atom is 0.124 e. The maximum atomic E-state index is 6.13. The van der Waals surface area contributed by atoms with Crippen molar-refractivity contribution < 1.29 is 4.74 Å². The lowest BCUT2D eigenvalue weighted by Gasteiger charge is -2.34. The van der Waals surface area contributed by atoms with Crippen molar-refractivity contribution in [1.29, 1.82) is 0 Å². The quantitative estimate of drug-likeness (QED) is 0.845. The minimum atomic E-state index is -0.185. The molecule has 1 aliphatic heterocycles. The lowest BCUT2D eigenvalue weighted by atomic mass is 9.92. The van der Waals surface area contributed by atoms with Gasteiger partial charge in [-0.05, 0) is 51.8 Å². The van der Waals surface area contributed by atoms with Crippen LogP contribution in [0.4, 0.5) is 0 Å². The second kappa shape index (κ2) is 8.03. The Balaban J connectivity index is 1.70. The van der Waals surface area contributed by atoms with Gasteiger partial charge in [0.15, 0.2) is 0 Å². The molecule has 1 saturated heterocycles. The minimum absolute atomic E-state index is 0.185. The largest absolute Gasteiger partial charge is 0.488 e. The molecule has 0 saturated carbocycles. The molecule has 0 amide bonds. The average Bonchev–Trinajstić information content (AvgIpc) is 2.61. The van der Waals surface area contributed by atoms with Gasteiger partial charge in [-0.15, -0.1) is 0 Å². The summed E-state index contributed by atoms with van der Waals surface area (Å²) >= 11 is 0. The van der Waals surface area contributed by atoms with Crippen LogP contribution in [0.15, 0.2) is 54.6 Å². The smallest absolute Gasteiger partial charge is 0.124 e. The van der Waals surface area contributed by atoms with Gasteiger partial charge in [0.1, 0.15) is 11.4 Å². The van der Waals surface area contributed by atoms with E-state index in [1.165, 1.54) is 24.0 Å². The third-order valence-corrected chi connectivity index (χ3v) is 4.56. The molecule has 0 aliphatic carbocycles. The molecule has 0 bridgehead atoms. The van der Waals surface area contributed by atoms with E-state index in [0.717, 1.165) is 18.8 Å². The first-order valence-corrected chi connectivity index (χ1v) is 9.31. The summed E-state index contributed by atoms with van der Waals surface area (Å²) < 4.78 is 6.13. The lowest BCUT2D eigenvalue weighted by molar-refractivity contribution is 0.129. The Morgan fingerprint density at radius 3 is 2.52 bits per heavy atom. The molecule has 3 rings (SSSR count). The first-order valence-electron chi connectivity index (χ1n) is 9.31. The molecular weight excluding hydrogens is 308 g/mol. The zero-order chi connectivity index (χ0) is 17.7. The van der Waals surface area contributed by atoms with Crippen LogP contribution in [0, 0.1) is 0 Å². The van der Waals surface area contributed by atoms with Crippen molar-refractivity contribution in [3.8, 4) is 5.75 Å². The van der Waals surface area contributed by atoms with Crippen LogP contribution in [0.3, 0.4) is 0 Å². The van der Waals surface area contributed by atoms with Gasteiger partial charge in [0.05, 0.1) is 0 Å². The van der Waals surface area contributed by atoms with Crippen LogP contribution in [-0.2, 0) is 6.54 Å². The van der Waals surface area contributed by atoms with Gasteiger partial charge in [-0.2, -0.15) is 0 Å². The predicted molar refractivity (Wildman–Crippen MR) is 104 cm³/mol. The van der Waals surface area contributed by atoms with Crippen LogP contribution in [-0.4, -0.2) is 18.2 Å². The number of hydrogen-bond acceptors (Lipinski definition) is 3. The summed E-state index contributed by atoms with van der Waals surface area (Å²) in [6.45, 7) is 8.18. The second-order valence-corrected chi connectivity index (χ2v) is 7.79. The summed E-state index contributed by atoms with van der Waals surface area (Å²) in [5.41, 5.74) is 2.39. The summed E-state index contributed by atoms with van der Waals surface area (Å²) in [4.78, 5) is 0. The molecule has 2 unspecified atom stereocenters. The van der Waals surface area contributed by atoms with Crippen molar-refractivity contribution in [2.24, 2.45) is 0 Å². The zero-order valence-corrected chi connectivity index (χ0v) is 15.6. The first kappa shape index (κ1) is 18.0. The number of piperidine rings is 1. The van der Waals surface area contributed by atoms with Crippen LogP contribution < -0.4 is 15.4 Å². The Morgan fingerprint density at radius 2 is 1.76 bits per heavy atom. The first-order chi connectivity index (χ1) is 12.0. The minimum Gasteiger partial charge on any atom is -0.488 e. The van der Waals surface area contributed by atoms with E-state index in [2.05, 4.69) is 79.9 Å². The Hall–Kier alpha value is -1.84. The van der Waals surface area contributed by atoms with Crippen molar-refractivity contribution in [3.63, 3.8) is 0 Å². The van der Waals surface area contributed by atoms with Crippen molar-refractivity contribution >= 4 is 0 Å². The molecule has 3 nitrogen and oxygen atoms in total. The van der Waals surface area contributed by atoms with E-state index >= 15 is 0 Å². The predicted octanol–water partition coefficient (Wildman–Crippen LogP) is 4.45. The van der Waals surface area contributed by atoms with Crippen LogP contribution in [0.1, 0.15) is 50.8 Å². The van der Waals surface area contributed by atoms with Crippen LogP contribution >= 0.6 is 0 Å². The van der Waals surface area contributed by atoms with E-state index in [0.29, 0.717) is 12.1 Å². The molecule has 0 radical (unpaired) electrons. The third-order valence-electron chi connectivity index (χ3n) is 4.56. The third kappa shape index (κ3) is 5.07. The summed E-state index contributed by atoms with van der Waals surface area (Å²) in [7, 11) is 0. The van der Waals surface area contributed by atoms with Crippen LogP contribution in [0.5, 0.6) is 5.75 Å². The molecule has 25 heavy (non-hydrogen) atoms. The molecule has 1 fully saturated rings. The summed E-state index contributed by atoms with van der Waals surface area (Å²) in [6, 6.07) is 19.9. The maximum absolute atomic E-state index is 6.13. The summed E-state index contributed by atoms with van der Waals surface area (Å²) in [6.07, 6.45) is 2.40. The van der Waals surface area contributed by atoms with E-state index < -0.39 is 0 Å². The number of ether oxygens (including phenoxy) is 1. The van der Waals surface area contributed by atoms with Gasteiger partial charge < -0.3 is 15.4 Å². The number of rotatable bonds is 5. The van der Waals surface area contributed by atoms with Gasteiger partial charge in [0.2, 0.25) is 0 Å². The highest BCUT2D eigenvalue weighted by molar-refractivity contribution is 5.34. The molecule has 0 spiro atoms. The fourth-order valence-electron chi connectivity index (χ4n) is 3.44. The molecule has 2 aromatic rings. The van der Waals surface area contributed by atoms with Gasteiger partial charge in [0, 0.05) is 24.2 Å². The van der Waals surface area contributed by atoms with Gasteiger partial charge >= 0.3 is 0 Å². The fraction of sp³-hybridized carbons (Fsp3) is 0.455.